The standard InChI is InChI=1S/C23H19F2N3O3S/c1-3-31-18-10-5-4-9-17(18)28-21-19(22(29)27-23(28)32)15(20(24)25)12-16(26-21)13-7-6-8-14(11-13)30-2/h4-12,20H,3H2,1-2H3,(H,27,29,32). The van der Waals surface area contributed by atoms with Crippen molar-refractivity contribution in [2.45, 2.75) is 13.3 Å². The second-order valence-corrected chi connectivity index (χ2v) is 7.21. The molecule has 0 bridgehead atoms. The first-order valence-corrected chi connectivity index (χ1v) is 10.2. The number of benzene rings is 2. The number of hydrogen-bond donors (Lipinski definition) is 1. The third kappa shape index (κ3) is 3.87. The maximum absolute atomic E-state index is 14.1. The Bertz CT molecular complexity index is 1420. The van der Waals surface area contributed by atoms with Crippen LogP contribution in [0.5, 0.6) is 11.5 Å². The fourth-order valence-electron chi connectivity index (χ4n) is 3.50. The highest BCUT2D eigenvalue weighted by molar-refractivity contribution is 7.71. The van der Waals surface area contributed by atoms with Gasteiger partial charge in [0, 0.05) is 11.1 Å². The van der Waals surface area contributed by atoms with Gasteiger partial charge in [0.1, 0.15) is 11.5 Å². The summed E-state index contributed by atoms with van der Waals surface area (Å²) in [5, 5.41) is -0.230. The highest BCUT2D eigenvalue weighted by atomic mass is 32.1. The van der Waals surface area contributed by atoms with E-state index in [4.69, 9.17) is 21.7 Å². The minimum atomic E-state index is -2.91. The van der Waals surface area contributed by atoms with Gasteiger partial charge in [0.05, 0.1) is 30.5 Å². The zero-order valence-corrected chi connectivity index (χ0v) is 18.1. The Hall–Kier alpha value is -3.59. The lowest BCUT2D eigenvalue weighted by molar-refractivity contribution is 0.153. The number of hydrogen-bond acceptors (Lipinski definition) is 5. The molecule has 0 aliphatic carbocycles. The molecule has 0 fully saturated rings. The number of rotatable bonds is 6. The number of pyridine rings is 1. The molecule has 4 rings (SSSR count). The quantitative estimate of drug-likeness (QED) is 0.391. The monoisotopic (exact) mass is 455 g/mol. The van der Waals surface area contributed by atoms with E-state index in [2.05, 4.69) is 9.97 Å². The van der Waals surface area contributed by atoms with Gasteiger partial charge >= 0.3 is 0 Å². The molecule has 0 radical (unpaired) electrons. The van der Waals surface area contributed by atoms with Gasteiger partial charge in [-0.2, -0.15) is 0 Å². The van der Waals surface area contributed by atoms with E-state index in [0.29, 0.717) is 29.4 Å². The first-order valence-electron chi connectivity index (χ1n) is 9.79. The molecule has 4 aromatic rings. The highest BCUT2D eigenvalue weighted by Crippen LogP contribution is 2.33. The Kier molecular flexibility index (Phi) is 6.00. The van der Waals surface area contributed by atoms with Crippen LogP contribution in [0.1, 0.15) is 18.9 Å². The Morgan fingerprint density at radius 1 is 1.16 bits per heavy atom. The van der Waals surface area contributed by atoms with E-state index in [1.807, 2.05) is 6.92 Å². The molecule has 0 atom stereocenters. The second-order valence-electron chi connectivity index (χ2n) is 6.82. The predicted molar refractivity (Wildman–Crippen MR) is 121 cm³/mol. The van der Waals surface area contributed by atoms with Crippen LogP contribution in [0.25, 0.3) is 28.0 Å². The zero-order chi connectivity index (χ0) is 22.8. The maximum atomic E-state index is 14.1. The van der Waals surface area contributed by atoms with Crippen LogP contribution in [0.4, 0.5) is 8.78 Å². The molecule has 2 aromatic heterocycles. The van der Waals surface area contributed by atoms with E-state index in [9.17, 15) is 13.6 Å². The number of para-hydroxylation sites is 2. The van der Waals surface area contributed by atoms with Gasteiger partial charge in [-0.3, -0.25) is 14.3 Å². The van der Waals surface area contributed by atoms with Crippen molar-refractivity contribution in [3.8, 4) is 28.4 Å². The Balaban J connectivity index is 2.13. The van der Waals surface area contributed by atoms with E-state index in [0.717, 1.165) is 0 Å². The van der Waals surface area contributed by atoms with E-state index in [-0.39, 0.29) is 21.5 Å². The lowest BCUT2D eigenvalue weighted by Crippen LogP contribution is -2.17. The van der Waals surface area contributed by atoms with Crippen LogP contribution < -0.4 is 15.0 Å². The van der Waals surface area contributed by atoms with Crippen molar-refractivity contribution in [3.63, 3.8) is 0 Å². The summed E-state index contributed by atoms with van der Waals surface area (Å²) in [4.78, 5) is 19.8. The summed E-state index contributed by atoms with van der Waals surface area (Å²) < 4.78 is 40.6. The molecule has 0 unspecified atom stereocenters. The average molecular weight is 455 g/mol. The number of fused-ring (bicyclic) bond motifs is 1. The molecule has 1 N–H and O–H groups in total. The van der Waals surface area contributed by atoms with Crippen LogP contribution in [0, 0.1) is 4.77 Å². The van der Waals surface area contributed by atoms with Crippen molar-refractivity contribution in [1.29, 1.82) is 0 Å². The Morgan fingerprint density at radius 3 is 2.66 bits per heavy atom. The number of aromatic amines is 1. The van der Waals surface area contributed by atoms with Gasteiger partial charge in [0.15, 0.2) is 10.4 Å². The zero-order valence-electron chi connectivity index (χ0n) is 17.3. The maximum Gasteiger partial charge on any atom is 0.264 e. The van der Waals surface area contributed by atoms with Crippen LogP contribution in [0.3, 0.4) is 0 Å². The van der Waals surface area contributed by atoms with Crippen molar-refractivity contribution in [3.05, 3.63) is 75.3 Å². The highest BCUT2D eigenvalue weighted by Gasteiger charge is 2.22. The van der Waals surface area contributed by atoms with Crippen molar-refractivity contribution in [2.75, 3.05) is 13.7 Å². The summed E-state index contributed by atoms with van der Waals surface area (Å²) in [5.41, 5.74) is 0.151. The average Bonchev–Trinajstić information content (AvgIpc) is 2.79. The molecular formula is C23H19F2N3O3S. The van der Waals surface area contributed by atoms with Gasteiger partial charge in [-0.15, -0.1) is 0 Å². The Labute approximate surface area is 187 Å². The predicted octanol–water partition coefficient (Wildman–Crippen LogP) is 5.46. The number of alkyl halides is 2. The van der Waals surface area contributed by atoms with E-state index in [1.54, 1.807) is 48.5 Å². The molecule has 9 heteroatoms. The van der Waals surface area contributed by atoms with Gasteiger partial charge in [0.2, 0.25) is 0 Å². The number of nitrogens with zero attached hydrogens (tertiary/aromatic N) is 2. The lowest BCUT2D eigenvalue weighted by atomic mass is 10.1. The van der Waals surface area contributed by atoms with Gasteiger partial charge in [-0.25, -0.2) is 13.8 Å². The molecule has 164 valence electrons. The summed E-state index contributed by atoms with van der Waals surface area (Å²) in [6, 6.07) is 15.1. The third-order valence-corrected chi connectivity index (χ3v) is 5.18. The van der Waals surface area contributed by atoms with Crippen LogP contribution in [0.2, 0.25) is 0 Å². The fraction of sp³-hybridized carbons (Fsp3) is 0.174. The topological polar surface area (TPSA) is 69.1 Å². The van der Waals surface area contributed by atoms with Crippen molar-refractivity contribution < 1.29 is 18.3 Å². The number of nitrogens with one attached hydrogen (secondary N) is 1. The molecule has 6 nitrogen and oxygen atoms in total. The fourth-order valence-corrected chi connectivity index (χ4v) is 3.78. The number of methoxy groups -OCH3 is 1. The minimum absolute atomic E-state index is 0.0153. The molecule has 0 saturated heterocycles. The SMILES string of the molecule is CCOc1ccccc1-n1c(=S)[nH]c(=O)c2c(C(F)F)cc(-c3cccc(OC)c3)nc21. The molecule has 0 amide bonds. The van der Waals surface area contributed by atoms with Crippen molar-refractivity contribution in [2.24, 2.45) is 0 Å². The molecular weight excluding hydrogens is 436 g/mol. The van der Waals surface area contributed by atoms with Crippen LogP contribution in [-0.4, -0.2) is 28.3 Å². The molecule has 0 saturated carbocycles. The van der Waals surface area contributed by atoms with Gasteiger partial charge < -0.3 is 9.47 Å². The molecule has 0 aliphatic heterocycles. The van der Waals surface area contributed by atoms with Gasteiger partial charge in [-0.05, 0) is 49.5 Å². The van der Waals surface area contributed by atoms with E-state index in [1.165, 1.54) is 17.7 Å². The molecule has 0 aliphatic rings. The first-order chi connectivity index (χ1) is 15.4. The smallest absolute Gasteiger partial charge is 0.264 e. The lowest BCUT2D eigenvalue weighted by Gasteiger charge is -2.17. The normalized spacial score (nSPS) is 11.2. The van der Waals surface area contributed by atoms with Gasteiger partial charge in [-0.1, -0.05) is 24.3 Å². The number of ether oxygens (including phenoxy) is 2. The number of halogens is 2. The minimum Gasteiger partial charge on any atom is -0.497 e. The summed E-state index contributed by atoms with van der Waals surface area (Å²) >= 11 is 5.41. The van der Waals surface area contributed by atoms with Crippen LogP contribution >= 0.6 is 12.2 Å². The number of H-pyrrole nitrogens is 1. The largest absolute Gasteiger partial charge is 0.497 e. The van der Waals surface area contributed by atoms with Crippen molar-refractivity contribution in [1.82, 2.24) is 14.5 Å². The van der Waals surface area contributed by atoms with E-state index < -0.39 is 17.5 Å². The van der Waals surface area contributed by atoms with Crippen molar-refractivity contribution >= 4 is 23.3 Å². The van der Waals surface area contributed by atoms with E-state index >= 15 is 0 Å². The molecule has 32 heavy (non-hydrogen) atoms. The molecule has 2 heterocycles. The van der Waals surface area contributed by atoms with Gasteiger partial charge in [0.25, 0.3) is 12.0 Å². The van der Waals surface area contributed by atoms with Crippen LogP contribution in [0.15, 0.2) is 59.4 Å². The summed E-state index contributed by atoms with van der Waals surface area (Å²) in [6.07, 6.45) is -2.91. The molecule has 0 spiro atoms. The summed E-state index contributed by atoms with van der Waals surface area (Å²) in [7, 11) is 1.51. The summed E-state index contributed by atoms with van der Waals surface area (Å²) in [6.45, 7) is 2.21. The Morgan fingerprint density at radius 2 is 1.94 bits per heavy atom. The summed E-state index contributed by atoms with van der Waals surface area (Å²) in [5.74, 6) is 1.03. The number of aromatic nitrogens is 3. The third-order valence-electron chi connectivity index (χ3n) is 4.90. The first kappa shape index (κ1) is 21.6. The second kappa shape index (κ2) is 8.88. The van der Waals surface area contributed by atoms with Crippen LogP contribution in [-0.2, 0) is 0 Å². The molecule has 2 aromatic carbocycles.